The molecule has 0 unspecified atom stereocenters. The molecule has 206 valence electrons. The predicted octanol–water partition coefficient (Wildman–Crippen LogP) is 3.14. The highest BCUT2D eigenvalue weighted by atomic mass is 16.7. The number of aliphatic hydroxyl groups excluding tert-OH is 1. The number of rotatable bonds is 11. The highest BCUT2D eigenvalue weighted by molar-refractivity contribution is 5.94. The maximum atomic E-state index is 13.4. The van der Waals surface area contributed by atoms with Gasteiger partial charge in [-0.15, -0.1) is 5.06 Å². The Morgan fingerprint density at radius 1 is 1.24 bits per heavy atom. The Balaban J connectivity index is 1.44. The van der Waals surface area contributed by atoms with E-state index < -0.39 is 18.0 Å². The van der Waals surface area contributed by atoms with Gasteiger partial charge in [-0.1, -0.05) is 6.07 Å². The van der Waals surface area contributed by atoms with Crippen molar-refractivity contribution >= 4 is 23.6 Å². The quantitative estimate of drug-likeness (QED) is 0.376. The Labute approximate surface area is 224 Å². The van der Waals surface area contributed by atoms with Gasteiger partial charge in [0.25, 0.3) is 0 Å². The van der Waals surface area contributed by atoms with E-state index in [2.05, 4.69) is 22.4 Å². The monoisotopic (exact) mass is 525 g/mol. The average Bonchev–Trinajstić information content (AvgIpc) is 2.85. The van der Waals surface area contributed by atoms with Crippen LogP contribution in [0.25, 0.3) is 0 Å². The van der Waals surface area contributed by atoms with Gasteiger partial charge in [0.15, 0.2) is 0 Å². The summed E-state index contributed by atoms with van der Waals surface area (Å²) in [5.41, 5.74) is 4.03. The van der Waals surface area contributed by atoms with Crippen LogP contribution in [0.3, 0.4) is 0 Å². The largest absolute Gasteiger partial charge is 0.480 e. The number of nitrogens with one attached hydrogen (secondary N) is 1. The molecular weight excluding hydrogens is 486 g/mol. The van der Waals surface area contributed by atoms with Gasteiger partial charge in [-0.25, -0.2) is 14.8 Å². The summed E-state index contributed by atoms with van der Waals surface area (Å²) in [5.74, 6) is 0.280. The van der Waals surface area contributed by atoms with Crippen LogP contribution < -0.4 is 10.2 Å². The number of anilines is 2. The van der Waals surface area contributed by atoms with E-state index in [1.807, 2.05) is 25.9 Å². The summed E-state index contributed by atoms with van der Waals surface area (Å²) in [6.45, 7) is 4.22. The van der Waals surface area contributed by atoms with Crippen molar-refractivity contribution in [1.29, 1.82) is 0 Å². The number of carbonyl (C=O) groups is 2. The molecule has 0 amide bonds. The molecule has 1 saturated carbocycles. The fraction of sp³-hybridized carbons (Fsp3) is 0.571. The van der Waals surface area contributed by atoms with Crippen LogP contribution in [0, 0.1) is 19.8 Å². The molecule has 2 aliphatic rings. The summed E-state index contributed by atoms with van der Waals surface area (Å²) in [6, 6.07) is 2.90. The summed E-state index contributed by atoms with van der Waals surface area (Å²) < 4.78 is 0. The molecule has 3 heterocycles. The van der Waals surface area contributed by atoms with Crippen LogP contribution in [0.4, 0.5) is 11.6 Å². The number of aliphatic carboxylic acids is 1. The van der Waals surface area contributed by atoms with Gasteiger partial charge in [0, 0.05) is 50.7 Å². The van der Waals surface area contributed by atoms with Crippen LogP contribution in [-0.4, -0.2) is 76.5 Å². The maximum Gasteiger partial charge on any atom is 0.357 e. The van der Waals surface area contributed by atoms with Crippen molar-refractivity contribution in [3.63, 3.8) is 0 Å². The van der Waals surface area contributed by atoms with Gasteiger partial charge in [0.2, 0.25) is 0 Å². The molecule has 1 atom stereocenters. The normalized spacial score (nSPS) is 19.2. The van der Waals surface area contributed by atoms with E-state index in [0.29, 0.717) is 41.3 Å². The first kappa shape index (κ1) is 27.8. The highest BCUT2D eigenvalue weighted by Crippen LogP contribution is 2.37. The molecule has 2 aromatic heterocycles. The molecule has 1 aliphatic carbocycles. The minimum Gasteiger partial charge on any atom is -0.480 e. The summed E-state index contributed by atoms with van der Waals surface area (Å²) in [4.78, 5) is 42.3. The molecule has 2 aromatic rings. The van der Waals surface area contributed by atoms with Crippen LogP contribution in [0.2, 0.25) is 0 Å². The van der Waals surface area contributed by atoms with Gasteiger partial charge >= 0.3 is 11.9 Å². The third-order valence-corrected chi connectivity index (χ3v) is 7.63. The third-order valence-electron chi connectivity index (χ3n) is 7.63. The number of carboxylic acid groups (broad SMARTS) is 1. The van der Waals surface area contributed by atoms with Gasteiger partial charge in [-0.3, -0.25) is 4.79 Å². The Kier molecular flexibility index (Phi) is 8.83. The van der Waals surface area contributed by atoms with Crippen molar-refractivity contribution in [2.45, 2.75) is 70.9 Å². The summed E-state index contributed by atoms with van der Waals surface area (Å²) in [7, 11) is 3.69. The second-order valence-electron chi connectivity index (χ2n) is 10.6. The molecule has 0 radical (unpaired) electrons. The van der Waals surface area contributed by atoms with Gasteiger partial charge in [0.05, 0.1) is 5.56 Å². The third kappa shape index (κ3) is 6.07. The fourth-order valence-corrected chi connectivity index (χ4v) is 5.51. The lowest BCUT2D eigenvalue weighted by atomic mass is 9.76. The molecule has 1 aliphatic heterocycles. The lowest BCUT2D eigenvalue weighted by Gasteiger charge is -2.43. The first-order chi connectivity index (χ1) is 18.2. The number of nitrogens with zero attached hydrogens (tertiary/aromatic N) is 4. The minimum absolute atomic E-state index is 0.0346. The van der Waals surface area contributed by atoms with Crippen molar-refractivity contribution in [1.82, 2.24) is 15.0 Å². The molecule has 0 spiro atoms. The smallest absolute Gasteiger partial charge is 0.357 e. The first-order valence-electron chi connectivity index (χ1n) is 13.4. The van der Waals surface area contributed by atoms with E-state index in [0.717, 1.165) is 43.7 Å². The van der Waals surface area contributed by atoms with E-state index in [9.17, 15) is 19.8 Å². The average molecular weight is 526 g/mol. The highest BCUT2D eigenvalue weighted by Gasteiger charge is 2.42. The Bertz CT molecular complexity index is 1160. The second kappa shape index (κ2) is 12.1. The summed E-state index contributed by atoms with van der Waals surface area (Å²) in [6.07, 6.45) is 6.96. The van der Waals surface area contributed by atoms with E-state index >= 15 is 0 Å². The number of carbonyl (C=O) groups excluding carboxylic acids is 1. The zero-order valence-electron chi connectivity index (χ0n) is 22.7. The van der Waals surface area contributed by atoms with Gasteiger partial charge in [-0.2, -0.15) is 0 Å². The number of aromatic nitrogens is 2. The lowest BCUT2D eigenvalue weighted by Crippen LogP contribution is -2.53. The molecule has 0 aromatic carbocycles. The van der Waals surface area contributed by atoms with Crippen LogP contribution in [0.15, 0.2) is 18.3 Å². The van der Waals surface area contributed by atoms with Crippen LogP contribution in [-0.2, 0) is 22.5 Å². The van der Waals surface area contributed by atoms with Gasteiger partial charge < -0.3 is 25.3 Å². The second-order valence-corrected chi connectivity index (χ2v) is 10.6. The minimum atomic E-state index is -1.13. The zero-order chi connectivity index (χ0) is 27.4. The molecule has 10 heteroatoms. The van der Waals surface area contributed by atoms with E-state index in [4.69, 9.17) is 9.82 Å². The number of aryl methyl sites for hydroxylation is 3. The van der Waals surface area contributed by atoms with Crippen LogP contribution in [0.1, 0.15) is 64.8 Å². The van der Waals surface area contributed by atoms with Crippen molar-refractivity contribution < 1.29 is 24.6 Å². The summed E-state index contributed by atoms with van der Waals surface area (Å²) >= 11 is 0. The molecule has 38 heavy (non-hydrogen) atoms. The van der Waals surface area contributed by atoms with Crippen LogP contribution >= 0.6 is 0 Å². The predicted molar refractivity (Wildman–Crippen MR) is 144 cm³/mol. The van der Waals surface area contributed by atoms with Crippen LogP contribution in [0.5, 0.6) is 0 Å². The van der Waals surface area contributed by atoms with Crippen molar-refractivity contribution in [3.05, 3.63) is 46.3 Å². The number of hydrogen-bond acceptors (Lipinski definition) is 9. The van der Waals surface area contributed by atoms with Crippen molar-refractivity contribution in [2.75, 3.05) is 37.5 Å². The van der Waals surface area contributed by atoms with Crippen molar-refractivity contribution in [2.24, 2.45) is 5.92 Å². The van der Waals surface area contributed by atoms with Gasteiger partial charge in [-0.05, 0) is 81.9 Å². The fourth-order valence-electron chi connectivity index (χ4n) is 5.51. The number of carboxylic acids is 1. The number of hydrogen-bond donors (Lipinski definition) is 3. The number of hydroxylamine groups is 2. The molecule has 4 rings (SSSR count). The molecule has 3 N–H and O–H groups in total. The topological polar surface area (TPSA) is 128 Å². The Morgan fingerprint density at radius 2 is 2.00 bits per heavy atom. The Morgan fingerprint density at radius 3 is 2.68 bits per heavy atom. The standard InChI is InChI=1S/C28H39N5O5/c1-17-16-30-26(32(3)4)18(2)24(17)28(37)38-33(23(11-13-34)27(35)36)22-14-19(15-22)7-9-21-10-8-20-6-5-12-29-25(20)31-21/h8,10,16,19,22-23,34H,5-7,9,11-15H2,1-4H3,(H,29,31)(H,35,36)/t19?,22?,23-/m0/s1. The maximum absolute atomic E-state index is 13.4. The lowest BCUT2D eigenvalue weighted by molar-refractivity contribution is -0.204. The number of fused-ring (bicyclic) bond motifs is 1. The molecule has 0 saturated heterocycles. The molecule has 10 nitrogen and oxygen atoms in total. The SMILES string of the molecule is Cc1cnc(N(C)C)c(C)c1C(=O)ON(C1CC(CCc2ccc3c(n2)NCCC3)C1)[C@@H](CCO)C(=O)O. The van der Waals surface area contributed by atoms with E-state index in [1.165, 1.54) is 10.6 Å². The first-order valence-corrected chi connectivity index (χ1v) is 13.4. The van der Waals surface area contributed by atoms with E-state index in [1.54, 1.807) is 13.1 Å². The summed E-state index contributed by atoms with van der Waals surface area (Å²) in [5, 5.41) is 24.1. The zero-order valence-corrected chi connectivity index (χ0v) is 22.7. The number of pyridine rings is 2. The molecular formula is C28H39N5O5. The van der Waals surface area contributed by atoms with Crippen molar-refractivity contribution in [3.8, 4) is 0 Å². The Hall–Kier alpha value is -3.24. The molecule has 0 bridgehead atoms. The number of aliphatic hydroxyl groups is 1. The van der Waals surface area contributed by atoms with E-state index in [-0.39, 0.29) is 19.1 Å². The molecule has 1 fully saturated rings. The van der Waals surface area contributed by atoms with Gasteiger partial charge in [0.1, 0.15) is 17.7 Å².